The number of aliphatic hydroxyl groups is 1. The third kappa shape index (κ3) is 4.52. The molecule has 3 rings (SSSR count). The van der Waals surface area contributed by atoms with Crippen LogP contribution >= 0.6 is 0 Å². The smallest absolute Gasteiger partial charge is 0.295 e. The van der Waals surface area contributed by atoms with E-state index in [2.05, 4.69) is 4.98 Å². The van der Waals surface area contributed by atoms with Crippen LogP contribution in [0.4, 0.5) is 0 Å². The van der Waals surface area contributed by atoms with E-state index in [-0.39, 0.29) is 11.3 Å². The van der Waals surface area contributed by atoms with Crippen molar-refractivity contribution in [2.75, 3.05) is 33.8 Å². The Balaban J connectivity index is 2.07. The molecule has 2 aromatic rings. The lowest BCUT2D eigenvalue weighted by Crippen LogP contribution is -2.35. The van der Waals surface area contributed by atoms with Crippen LogP contribution in [0, 0.1) is 0 Å². The van der Waals surface area contributed by atoms with Crippen LogP contribution in [0.25, 0.3) is 5.76 Å². The highest BCUT2D eigenvalue weighted by Gasteiger charge is 2.46. The molecule has 1 aromatic carbocycles. The number of carbonyl (C=O) groups excluding carboxylic acids is 2. The molecule has 0 aliphatic carbocycles. The van der Waals surface area contributed by atoms with Crippen molar-refractivity contribution in [3.8, 4) is 5.75 Å². The molecule has 2 heterocycles. The van der Waals surface area contributed by atoms with Crippen molar-refractivity contribution in [3.63, 3.8) is 0 Å². The summed E-state index contributed by atoms with van der Waals surface area (Å²) in [6.07, 6.45) is 4.10. The molecule has 7 heteroatoms. The average molecular weight is 409 g/mol. The van der Waals surface area contributed by atoms with Crippen LogP contribution in [-0.2, 0) is 9.59 Å². The first-order valence-electron chi connectivity index (χ1n) is 10.00. The number of likely N-dealkylation sites (tertiary alicyclic amines) is 1. The van der Waals surface area contributed by atoms with Gasteiger partial charge in [0.2, 0.25) is 0 Å². The van der Waals surface area contributed by atoms with Crippen LogP contribution in [0.2, 0.25) is 0 Å². The number of carbonyl (C=O) groups is 2. The lowest BCUT2D eigenvalue weighted by molar-refractivity contribution is -0.140. The number of nitrogens with zero attached hydrogens (tertiary/aromatic N) is 3. The van der Waals surface area contributed by atoms with Crippen molar-refractivity contribution in [2.24, 2.45) is 0 Å². The van der Waals surface area contributed by atoms with Gasteiger partial charge in [0.25, 0.3) is 11.7 Å². The minimum Gasteiger partial charge on any atom is -0.507 e. The molecule has 158 valence electrons. The van der Waals surface area contributed by atoms with Gasteiger partial charge in [-0.05, 0) is 44.3 Å². The molecule has 1 amide bonds. The minimum absolute atomic E-state index is 0.0689. The Morgan fingerprint density at radius 1 is 1.23 bits per heavy atom. The van der Waals surface area contributed by atoms with E-state index in [0.29, 0.717) is 36.6 Å². The lowest BCUT2D eigenvalue weighted by Gasteiger charge is -2.26. The summed E-state index contributed by atoms with van der Waals surface area (Å²) < 4.78 is 5.64. The second kappa shape index (κ2) is 9.54. The van der Waals surface area contributed by atoms with E-state index in [1.165, 1.54) is 4.90 Å². The summed E-state index contributed by atoms with van der Waals surface area (Å²) in [7, 11) is 3.80. The highest BCUT2D eigenvalue weighted by Crippen LogP contribution is 2.39. The number of aromatic nitrogens is 1. The number of hydrogen-bond donors (Lipinski definition) is 1. The molecular weight excluding hydrogens is 382 g/mol. The van der Waals surface area contributed by atoms with Gasteiger partial charge < -0.3 is 19.6 Å². The van der Waals surface area contributed by atoms with E-state index < -0.39 is 17.7 Å². The fourth-order valence-electron chi connectivity index (χ4n) is 3.41. The Kier molecular flexibility index (Phi) is 6.84. The van der Waals surface area contributed by atoms with Crippen LogP contribution in [-0.4, -0.2) is 65.4 Å². The number of hydrogen-bond acceptors (Lipinski definition) is 6. The molecule has 0 saturated carbocycles. The van der Waals surface area contributed by atoms with Gasteiger partial charge >= 0.3 is 0 Å². The fourth-order valence-corrected chi connectivity index (χ4v) is 3.41. The van der Waals surface area contributed by atoms with E-state index in [1.54, 1.807) is 48.8 Å². The monoisotopic (exact) mass is 409 g/mol. The number of amides is 1. The van der Waals surface area contributed by atoms with E-state index in [9.17, 15) is 14.7 Å². The van der Waals surface area contributed by atoms with Crippen molar-refractivity contribution in [3.05, 3.63) is 65.5 Å². The molecule has 0 bridgehead atoms. The van der Waals surface area contributed by atoms with Gasteiger partial charge in [-0.3, -0.25) is 14.6 Å². The Bertz CT molecular complexity index is 940. The Morgan fingerprint density at radius 2 is 2.03 bits per heavy atom. The minimum atomic E-state index is -0.695. The van der Waals surface area contributed by atoms with Gasteiger partial charge in [-0.2, -0.15) is 0 Å². The first kappa shape index (κ1) is 21.5. The summed E-state index contributed by atoms with van der Waals surface area (Å²) in [6, 6.07) is 9.78. The molecule has 1 fully saturated rings. The van der Waals surface area contributed by atoms with Gasteiger partial charge in [0, 0.05) is 31.0 Å². The summed E-state index contributed by atoms with van der Waals surface area (Å²) in [5.41, 5.74) is 1.18. The van der Waals surface area contributed by atoms with Crippen LogP contribution in [0.5, 0.6) is 5.75 Å². The molecule has 0 radical (unpaired) electrons. The van der Waals surface area contributed by atoms with Crippen LogP contribution in [0.3, 0.4) is 0 Å². The van der Waals surface area contributed by atoms with Crippen molar-refractivity contribution < 1.29 is 19.4 Å². The Labute approximate surface area is 176 Å². The number of Topliss-reactive ketones (excluding diaryl/α,β-unsaturated/α-hetero) is 1. The first-order valence-corrected chi connectivity index (χ1v) is 10.00. The van der Waals surface area contributed by atoms with Gasteiger partial charge in [-0.1, -0.05) is 25.1 Å². The number of ether oxygens (including phenoxy) is 1. The molecule has 1 aliphatic heterocycles. The molecule has 1 aromatic heterocycles. The summed E-state index contributed by atoms with van der Waals surface area (Å²) in [4.78, 5) is 33.3. The predicted octanol–water partition coefficient (Wildman–Crippen LogP) is 2.85. The van der Waals surface area contributed by atoms with Gasteiger partial charge in [-0.15, -0.1) is 0 Å². The Morgan fingerprint density at radius 3 is 2.70 bits per heavy atom. The van der Waals surface area contributed by atoms with Crippen molar-refractivity contribution in [1.29, 1.82) is 0 Å². The SMILES string of the molecule is CCCOc1cccc(C(O)=C2C(=O)C(=O)N(CCN(C)C)[C@@H]2c2cccnc2)c1. The molecule has 0 spiro atoms. The van der Waals surface area contributed by atoms with Crippen molar-refractivity contribution >= 4 is 17.4 Å². The summed E-state index contributed by atoms with van der Waals surface area (Å²) >= 11 is 0. The molecular formula is C23H27N3O4. The normalized spacial score (nSPS) is 18.3. The van der Waals surface area contributed by atoms with E-state index in [1.807, 2.05) is 25.9 Å². The molecule has 0 unspecified atom stereocenters. The van der Waals surface area contributed by atoms with Gasteiger partial charge in [0.05, 0.1) is 18.2 Å². The number of likely N-dealkylation sites (N-methyl/N-ethyl adjacent to an activating group) is 1. The maximum absolute atomic E-state index is 12.9. The van der Waals surface area contributed by atoms with E-state index >= 15 is 0 Å². The number of rotatable bonds is 8. The highest BCUT2D eigenvalue weighted by molar-refractivity contribution is 6.46. The zero-order chi connectivity index (χ0) is 21.7. The van der Waals surface area contributed by atoms with Crippen molar-refractivity contribution in [2.45, 2.75) is 19.4 Å². The summed E-state index contributed by atoms with van der Waals surface area (Å²) in [5.74, 6) is -0.928. The van der Waals surface area contributed by atoms with Gasteiger partial charge in [0.1, 0.15) is 11.5 Å². The zero-order valence-electron chi connectivity index (χ0n) is 17.5. The average Bonchev–Trinajstić information content (AvgIpc) is 3.01. The van der Waals surface area contributed by atoms with Crippen LogP contribution in [0.15, 0.2) is 54.4 Å². The third-order valence-electron chi connectivity index (χ3n) is 4.91. The first-order chi connectivity index (χ1) is 14.4. The molecule has 30 heavy (non-hydrogen) atoms. The van der Waals surface area contributed by atoms with Gasteiger partial charge in [0.15, 0.2) is 0 Å². The second-order valence-electron chi connectivity index (χ2n) is 7.46. The topological polar surface area (TPSA) is 83.0 Å². The molecule has 1 aliphatic rings. The quantitative estimate of drug-likeness (QED) is 0.410. The summed E-state index contributed by atoms with van der Waals surface area (Å²) in [6.45, 7) is 3.50. The zero-order valence-corrected chi connectivity index (χ0v) is 17.5. The maximum atomic E-state index is 12.9. The van der Waals surface area contributed by atoms with Crippen LogP contribution < -0.4 is 4.74 Å². The Hall–Kier alpha value is -3.19. The van der Waals surface area contributed by atoms with Crippen molar-refractivity contribution in [1.82, 2.24) is 14.8 Å². The second-order valence-corrected chi connectivity index (χ2v) is 7.46. The highest BCUT2D eigenvalue weighted by atomic mass is 16.5. The number of aliphatic hydroxyl groups excluding tert-OH is 1. The third-order valence-corrected chi connectivity index (χ3v) is 4.91. The number of pyridine rings is 1. The largest absolute Gasteiger partial charge is 0.507 e. The number of benzene rings is 1. The van der Waals surface area contributed by atoms with E-state index in [0.717, 1.165) is 6.42 Å². The summed E-state index contributed by atoms with van der Waals surface area (Å²) in [5, 5.41) is 11.1. The van der Waals surface area contributed by atoms with E-state index in [4.69, 9.17) is 4.74 Å². The lowest BCUT2D eigenvalue weighted by atomic mass is 9.96. The van der Waals surface area contributed by atoms with Gasteiger partial charge in [-0.25, -0.2) is 0 Å². The number of ketones is 1. The standard InChI is InChI=1S/C23H27N3O4/c1-4-13-30-18-9-5-7-16(14-18)21(27)19-20(17-8-6-10-24-15-17)26(12-11-25(2)3)23(29)22(19)28/h5-10,14-15,20,27H,4,11-13H2,1-3H3/t20-/m1/s1. The maximum Gasteiger partial charge on any atom is 0.295 e. The molecule has 1 atom stereocenters. The molecule has 7 nitrogen and oxygen atoms in total. The fraction of sp³-hybridized carbons (Fsp3) is 0.348. The molecule has 1 N–H and O–H groups in total. The van der Waals surface area contributed by atoms with Crippen LogP contribution in [0.1, 0.15) is 30.5 Å². The molecule has 1 saturated heterocycles. The predicted molar refractivity (Wildman–Crippen MR) is 114 cm³/mol.